The second-order valence-corrected chi connectivity index (χ2v) is 4.44. The SMILES string of the molecule is Cc1ccc(C(=O)CN2CCC/C2=N\C#N)cc1. The van der Waals surface area contributed by atoms with Gasteiger partial charge in [0.05, 0.1) is 6.54 Å². The van der Waals surface area contributed by atoms with E-state index in [-0.39, 0.29) is 5.78 Å². The van der Waals surface area contributed by atoms with Crippen molar-refractivity contribution in [1.29, 1.82) is 5.26 Å². The molecule has 4 heteroatoms. The molecular weight excluding hydrogens is 226 g/mol. The van der Waals surface area contributed by atoms with Crippen molar-refractivity contribution in [2.75, 3.05) is 13.1 Å². The van der Waals surface area contributed by atoms with Crippen molar-refractivity contribution < 1.29 is 4.79 Å². The first kappa shape index (κ1) is 12.3. The number of aryl methyl sites for hydroxylation is 1. The van der Waals surface area contributed by atoms with Gasteiger partial charge in [0.25, 0.3) is 0 Å². The molecule has 1 aliphatic rings. The first-order valence-corrected chi connectivity index (χ1v) is 6.01. The highest BCUT2D eigenvalue weighted by atomic mass is 16.1. The number of rotatable bonds is 3. The number of ketones is 1. The average Bonchev–Trinajstić information content (AvgIpc) is 2.78. The minimum Gasteiger partial charge on any atom is -0.352 e. The van der Waals surface area contributed by atoms with E-state index in [0.717, 1.165) is 30.8 Å². The molecule has 0 saturated carbocycles. The number of nitrogens with zero attached hydrogens (tertiary/aromatic N) is 3. The summed E-state index contributed by atoms with van der Waals surface area (Å²) in [5.74, 6) is 0.806. The lowest BCUT2D eigenvalue weighted by molar-refractivity contribution is 0.0966. The van der Waals surface area contributed by atoms with Crippen LogP contribution >= 0.6 is 0 Å². The normalized spacial score (nSPS) is 16.9. The van der Waals surface area contributed by atoms with Crippen LogP contribution in [-0.4, -0.2) is 29.6 Å². The number of carbonyl (C=O) groups excluding carboxylic acids is 1. The van der Waals surface area contributed by atoms with Crippen LogP contribution in [0.3, 0.4) is 0 Å². The van der Waals surface area contributed by atoms with Crippen LogP contribution < -0.4 is 0 Å². The van der Waals surface area contributed by atoms with Gasteiger partial charge >= 0.3 is 0 Å². The van der Waals surface area contributed by atoms with E-state index in [1.54, 1.807) is 6.19 Å². The summed E-state index contributed by atoms with van der Waals surface area (Å²) in [4.78, 5) is 17.7. The molecule has 0 atom stereocenters. The van der Waals surface area contributed by atoms with Gasteiger partial charge in [-0.1, -0.05) is 29.8 Å². The van der Waals surface area contributed by atoms with Gasteiger partial charge in [0.1, 0.15) is 5.84 Å². The molecular formula is C14H15N3O. The minimum atomic E-state index is 0.0718. The van der Waals surface area contributed by atoms with Gasteiger partial charge in [0.15, 0.2) is 5.78 Å². The Morgan fingerprint density at radius 1 is 1.44 bits per heavy atom. The molecule has 1 fully saturated rings. The Bertz CT molecular complexity index is 511. The number of amidine groups is 1. The predicted octanol–water partition coefficient (Wildman–Crippen LogP) is 2.15. The number of nitriles is 1. The van der Waals surface area contributed by atoms with Crippen LogP contribution in [0.2, 0.25) is 0 Å². The maximum Gasteiger partial charge on any atom is 0.207 e. The van der Waals surface area contributed by atoms with Crippen LogP contribution in [0.1, 0.15) is 28.8 Å². The fraction of sp³-hybridized carbons (Fsp3) is 0.357. The predicted molar refractivity (Wildman–Crippen MR) is 69.4 cm³/mol. The summed E-state index contributed by atoms with van der Waals surface area (Å²) in [7, 11) is 0. The van der Waals surface area contributed by atoms with Crippen LogP contribution in [0.5, 0.6) is 0 Å². The van der Waals surface area contributed by atoms with E-state index in [4.69, 9.17) is 5.26 Å². The Morgan fingerprint density at radius 2 is 2.17 bits per heavy atom. The number of carbonyl (C=O) groups is 1. The second kappa shape index (κ2) is 5.46. The van der Waals surface area contributed by atoms with Gasteiger partial charge < -0.3 is 4.90 Å². The lowest BCUT2D eigenvalue weighted by atomic mass is 10.1. The third kappa shape index (κ3) is 2.75. The van der Waals surface area contributed by atoms with Crippen molar-refractivity contribution in [2.45, 2.75) is 19.8 Å². The molecule has 2 rings (SSSR count). The van der Waals surface area contributed by atoms with Crippen molar-refractivity contribution in [3.05, 3.63) is 35.4 Å². The van der Waals surface area contributed by atoms with Crippen molar-refractivity contribution in [1.82, 2.24) is 4.90 Å². The average molecular weight is 241 g/mol. The zero-order valence-corrected chi connectivity index (χ0v) is 10.4. The monoisotopic (exact) mass is 241 g/mol. The molecule has 4 nitrogen and oxygen atoms in total. The van der Waals surface area contributed by atoms with Crippen molar-refractivity contribution in [2.24, 2.45) is 4.99 Å². The van der Waals surface area contributed by atoms with Gasteiger partial charge in [0, 0.05) is 18.5 Å². The molecule has 0 radical (unpaired) electrons. The summed E-state index contributed by atoms with van der Waals surface area (Å²) in [6.07, 6.45) is 3.54. The highest BCUT2D eigenvalue weighted by Crippen LogP contribution is 2.13. The summed E-state index contributed by atoms with van der Waals surface area (Å²) in [6.45, 7) is 3.11. The van der Waals surface area contributed by atoms with Gasteiger partial charge in [0.2, 0.25) is 6.19 Å². The number of Topliss-reactive ketones (excluding diaryl/α,β-unsaturated/α-hetero) is 1. The fourth-order valence-electron chi connectivity index (χ4n) is 2.07. The zero-order valence-electron chi connectivity index (χ0n) is 10.4. The molecule has 1 heterocycles. The lowest BCUT2D eigenvalue weighted by Crippen LogP contribution is -2.30. The molecule has 0 bridgehead atoms. The molecule has 0 aliphatic carbocycles. The van der Waals surface area contributed by atoms with Gasteiger partial charge in [-0.05, 0) is 13.3 Å². The number of aliphatic imine (C=N–C) groups is 1. The van der Waals surface area contributed by atoms with Gasteiger partial charge in [-0.15, -0.1) is 0 Å². The topological polar surface area (TPSA) is 56.5 Å². The van der Waals surface area contributed by atoms with Crippen LogP contribution in [0.25, 0.3) is 0 Å². The molecule has 0 spiro atoms. The smallest absolute Gasteiger partial charge is 0.207 e. The minimum absolute atomic E-state index is 0.0718. The third-order valence-corrected chi connectivity index (χ3v) is 3.08. The molecule has 0 aromatic heterocycles. The first-order valence-electron chi connectivity index (χ1n) is 6.01. The van der Waals surface area contributed by atoms with E-state index >= 15 is 0 Å². The van der Waals surface area contributed by atoms with Crippen LogP contribution in [0.15, 0.2) is 29.3 Å². The fourth-order valence-corrected chi connectivity index (χ4v) is 2.07. The molecule has 0 N–H and O–H groups in total. The third-order valence-electron chi connectivity index (χ3n) is 3.08. The Kier molecular flexibility index (Phi) is 3.73. The molecule has 1 saturated heterocycles. The van der Waals surface area contributed by atoms with E-state index in [1.165, 1.54) is 0 Å². The molecule has 1 aliphatic heterocycles. The second-order valence-electron chi connectivity index (χ2n) is 4.44. The lowest BCUT2D eigenvalue weighted by Gasteiger charge is -2.16. The molecule has 18 heavy (non-hydrogen) atoms. The van der Waals surface area contributed by atoms with Crippen LogP contribution in [0.4, 0.5) is 0 Å². The van der Waals surface area contributed by atoms with Crippen LogP contribution in [0, 0.1) is 18.4 Å². The van der Waals surface area contributed by atoms with Crippen molar-refractivity contribution in [3.8, 4) is 6.19 Å². The summed E-state index contributed by atoms with van der Waals surface area (Å²) in [6, 6.07) is 7.55. The molecule has 0 unspecified atom stereocenters. The largest absolute Gasteiger partial charge is 0.352 e. The van der Waals surface area contributed by atoms with Crippen LogP contribution in [-0.2, 0) is 0 Å². The highest BCUT2D eigenvalue weighted by molar-refractivity contribution is 6.00. The summed E-state index contributed by atoms with van der Waals surface area (Å²) >= 11 is 0. The van der Waals surface area contributed by atoms with Crippen molar-refractivity contribution in [3.63, 3.8) is 0 Å². The van der Waals surface area contributed by atoms with E-state index < -0.39 is 0 Å². The molecule has 1 aromatic rings. The maximum absolute atomic E-state index is 12.1. The maximum atomic E-state index is 12.1. The Morgan fingerprint density at radius 3 is 2.83 bits per heavy atom. The summed E-state index contributed by atoms with van der Waals surface area (Å²) in [5, 5.41) is 8.58. The molecule has 0 amide bonds. The number of hydrogen-bond donors (Lipinski definition) is 0. The number of hydrogen-bond acceptors (Lipinski definition) is 3. The summed E-state index contributed by atoms with van der Waals surface area (Å²) < 4.78 is 0. The summed E-state index contributed by atoms with van der Waals surface area (Å²) in [5.41, 5.74) is 1.85. The zero-order chi connectivity index (χ0) is 13.0. The number of likely N-dealkylation sites (tertiary alicyclic amines) is 1. The van der Waals surface area contributed by atoms with Crippen molar-refractivity contribution >= 4 is 11.6 Å². The van der Waals surface area contributed by atoms with E-state index in [0.29, 0.717) is 12.1 Å². The van der Waals surface area contributed by atoms with E-state index in [9.17, 15) is 4.79 Å². The Labute approximate surface area is 107 Å². The molecule has 1 aromatic carbocycles. The highest BCUT2D eigenvalue weighted by Gasteiger charge is 2.21. The Balaban J connectivity index is 2.06. The first-order chi connectivity index (χ1) is 8.70. The van der Waals surface area contributed by atoms with Gasteiger partial charge in [-0.3, -0.25) is 4.79 Å². The van der Waals surface area contributed by atoms with E-state index in [1.807, 2.05) is 36.1 Å². The quantitative estimate of drug-likeness (QED) is 0.602. The Hall–Kier alpha value is -2.15. The van der Waals surface area contributed by atoms with Gasteiger partial charge in [-0.25, -0.2) is 0 Å². The van der Waals surface area contributed by atoms with Gasteiger partial charge in [-0.2, -0.15) is 10.3 Å². The standard InChI is InChI=1S/C14H15N3O/c1-11-4-6-12(7-5-11)13(18)9-17-8-2-3-14(17)16-10-15/h4-7H,2-3,8-9H2,1H3/b16-14+. The number of benzene rings is 1. The molecule has 92 valence electrons. The van der Waals surface area contributed by atoms with E-state index in [2.05, 4.69) is 4.99 Å².